The van der Waals surface area contributed by atoms with Crippen LogP contribution in [0.1, 0.15) is 0 Å². The van der Waals surface area contributed by atoms with Crippen molar-refractivity contribution in [1.29, 1.82) is 0 Å². The van der Waals surface area contributed by atoms with Crippen LogP contribution in [0.5, 0.6) is 0 Å². The van der Waals surface area contributed by atoms with Crippen LogP contribution in [-0.2, 0) is 10.0 Å². The lowest BCUT2D eigenvalue weighted by molar-refractivity contribution is 0.443. The number of halogens is 4. The van der Waals surface area contributed by atoms with Gasteiger partial charge < -0.3 is 0 Å². The maximum atomic E-state index is 13.7. The van der Waals surface area contributed by atoms with Crippen LogP contribution in [0.2, 0.25) is 0 Å². The zero-order chi connectivity index (χ0) is 13.8. The molecule has 0 heterocycles. The summed E-state index contributed by atoms with van der Waals surface area (Å²) in [6, 6.07) is 3.78. The van der Waals surface area contributed by atoms with Crippen LogP contribution in [0, 0.1) is 5.82 Å². The van der Waals surface area contributed by atoms with E-state index >= 15 is 0 Å². The van der Waals surface area contributed by atoms with Crippen molar-refractivity contribution in [3.05, 3.63) is 28.5 Å². The predicted molar refractivity (Wildman–Crippen MR) is 74.3 cm³/mol. The van der Waals surface area contributed by atoms with Gasteiger partial charge in [-0.1, -0.05) is 15.9 Å². The first-order valence-corrected chi connectivity index (χ1v) is 8.31. The lowest BCUT2D eigenvalue weighted by Gasteiger charge is -2.20. The highest BCUT2D eigenvalue weighted by atomic mass is 79.9. The zero-order valence-corrected chi connectivity index (χ0v) is 13.2. The Morgan fingerprint density at radius 2 is 1.78 bits per heavy atom. The molecule has 0 aliphatic rings. The van der Waals surface area contributed by atoms with Crippen LogP contribution in [0.15, 0.2) is 27.6 Å². The third-order valence-corrected chi connectivity index (χ3v) is 4.94. The minimum absolute atomic E-state index is 0.0894. The van der Waals surface area contributed by atoms with E-state index < -0.39 is 15.8 Å². The first kappa shape index (κ1) is 16.2. The minimum Gasteiger partial charge on any atom is -0.207 e. The van der Waals surface area contributed by atoms with Crippen molar-refractivity contribution in [1.82, 2.24) is 4.31 Å². The van der Waals surface area contributed by atoms with Gasteiger partial charge in [-0.3, -0.25) is 0 Å². The van der Waals surface area contributed by atoms with Gasteiger partial charge in [-0.25, -0.2) is 12.8 Å². The van der Waals surface area contributed by atoms with Crippen LogP contribution in [0.3, 0.4) is 0 Å². The summed E-state index contributed by atoms with van der Waals surface area (Å²) in [6.45, 7) is 0.179. The molecule has 1 rings (SSSR count). The van der Waals surface area contributed by atoms with E-state index in [4.69, 9.17) is 23.2 Å². The van der Waals surface area contributed by atoms with Crippen LogP contribution in [0.4, 0.5) is 4.39 Å². The van der Waals surface area contributed by atoms with Crippen molar-refractivity contribution >= 4 is 49.2 Å². The predicted octanol–water partition coefficient (Wildman–Crippen LogP) is 3.06. The molecule has 0 amide bonds. The number of benzene rings is 1. The molecule has 1 aromatic rings. The maximum Gasteiger partial charge on any atom is 0.246 e. The third-order valence-electron chi connectivity index (χ3n) is 2.18. The fourth-order valence-corrected chi connectivity index (χ4v) is 3.79. The topological polar surface area (TPSA) is 37.4 Å². The van der Waals surface area contributed by atoms with E-state index in [2.05, 4.69) is 15.9 Å². The minimum atomic E-state index is -3.90. The largest absolute Gasteiger partial charge is 0.246 e. The van der Waals surface area contributed by atoms with Gasteiger partial charge >= 0.3 is 0 Å². The number of hydrogen-bond donors (Lipinski definition) is 0. The summed E-state index contributed by atoms with van der Waals surface area (Å²) in [4.78, 5) is -0.374. The Labute approximate surface area is 124 Å². The summed E-state index contributed by atoms with van der Waals surface area (Å²) in [5.41, 5.74) is 0. The number of rotatable bonds is 6. The summed E-state index contributed by atoms with van der Waals surface area (Å²) < 4.78 is 39.6. The molecule has 0 N–H and O–H groups in total. The van der Waals surface area contributed by atoms with E-state index in [1.54, 1.807) is 0 Å². The van der Waals surface area contributed by atoms with E-state index in [-0.39, 0.29) is 29.7 Å². The number of sulfonamides is 1. The molecule has 0 unspecified atom stereocenters. The van der Waals surface area contributed by atoms with E-state index in [0.29, 0.717) is 4.47 Å². The summed E-state index contributed by atoms with van der Waals surface area (Å²) >= 11 is 14.2. The fraction of sp³-hybridized carbons (Fsp3) is 0.400. The Morgan fingerprint density at radius 3 is 2.22 bits per heavy atom. The van der Waals surface area contributed by atoms with Crippen LogP contribution in [-0.4, -0.2) is 37.6 Å². The molecule has 0 atom stereocenters. The lowest BCUT2D eigenvalue weighted by atomic mass is 10.3. The Bertz CT molecular complexity index is 507. The summed E-state index contributed by atoms with van der Waals surface area (Å²) in [5.74, 6) is -0.568. The normalized spacial score (nSPS) is 12.1. The van der Waals surface area contributed by atoms with Crippen molar-refractivity contribution in [3.8, 4) is 0 Å². The average Bonchev–Trinajstić information content (AvgIpc) is 2.28. The molecule has 0 fully saturated rings. The van der Waals surface area contributed by atoms with Crippen LogP contribution < -0.4 is 0 Å². The van der Waals surface area contributed by atoms with Gasteiger partial charge in [0.05, 0.1) is 0 Å². The molecule has 18 heavy (non-hydrogen) atoms. The van der Waals surface area contributed by atoms with Gasteiger partial charge in [-0.05, 0) is 18.2 Å². The molecule has 0 saturated heterocycles. The Hall–Kier alpha value is 0.120. The molecule has 102 valence electrons. The molecule has 0 saturated carbocycles. The SMILES string of the molecule is O=S(=O)(c1ccc(Br)cc1F)N(CCCl)CCCl. The molecular weight excluding hydrogens is 368 g/mol. The lowest BCUT2D eigenvalue weighted by Crippen LogP contribution is -2.35. The molecule has 1 aromatic carbocycles. The van der Waals surface area contributed by atoms with Gasteiger partial charge in [0.15, 0.2) is 0 Å². The highest BCUT2D eigenvalue weighted by Gasteiger charge is 2.26. The second kappa shape index (κ2) is 7.05. The Morgan fingerprint density at radius 1 is 1.22 bits per heavy atom. The molecule has 0 spiro atoms. The van der Waals surface area contributed by atoms with E-state index in [1.165, 1.54) is 12.1 Å². The van der Waals surface area contributed by atoms with Crippen molar-refractivity contribution in [2.45, 2.75) is 4.90 Å². The van der Waals surface area contributed by atoms with Gasteiger partial charge in [0.1, 0.15) is 10.7 Å². The van der Waals surface area contributed by atoms with Crippen LogP contribution in [0.25, 0.3) is 0 Å². The second-order valence-electron chi connectivity index (χ2n) is 3.36. The average molecular weight is 379 g/mol. The molecule has 0 radical (unpaired) electrons. The molecular formula is C10H11BrCl2FNO2S. The van der Waals surface area contributed by atoms with Crippen molar-refractivity contribution in [2.75, 3.05) is 24.8 Å². The van der Waals surface area contributed by atoms with Crippen molar-refractivity contribution in [3.63, 3.8) is 0 Å². The second-order valence-corrected chi connectivity index (χ2v) is 6.93. The molecule has 0 aliphatic heterocycles. The number of hydrogen-bond acceptors (Lipinski definition) is 2. The van der Waals surface area contributed by atoms with Gasteiger partial charge in [0.25, 0.3) is 0 Å². The van der Waals surface area contributed by atoms with Crippen molar-refractivity contribution in [2.24, 2.45) is 0 Å². The van der Waals surface area contributed by atoms with Crippen LogP contribution >= 0.6 is 39.1 Å². The Balaban J connectivity index is 3.17. The molecule has 3 nitrogen and oxygen atoms in total. The Kier molecular flexibility index (Phi) is 6.34. The zero-order valence-electron chi connectivity index (χ0n) is 9.24. The summed E-state index contributed by atoms with van der Waals surface area (Å²) in [5, 5.41) is 0. The molecule has 0 aliphatic carbocycles. The quantitative estimate of drug-likeness (QED) is 0.713. The smallest absolute Gasteiger partial charge is 0.207 e. The molecule has 8 heteroatoms. The monoisotopic (exact) mass is 377 g/mol. The van der Waals surface area contributed by atoms with E-state index in [9.17, 15) is 12.8 Å². The van der Waals surface area contributed by atoms with Crippen molar-refractivity contribution < 1.29 is 12.8 Å². The van der Waals surface area contributed by atoms with Gasteiger partial charge in [0.2, 0.25) is 10.0 Å². The first-order valence-electron chi connectivity index (χ1n) is 5.00. The highest BCUT2D eigenvalue weighted by Crippen LogP contribution is 2.22. The van der Waals surface area contributed by atoms with Gasteiger partial charge in [0, 0.05) is 29.3 Å². The van der Waals surface area contributed by atoms with E-state index in [1.807, 2.05) is 0 Å². The van der Waals surface area contributed by atoms with E-state index in [0.717, 1.165) is 10.4 Å². The highest BCUT2D eigenvalue weighted by molar-refractivity contribution is 9.10. The first-order chi connectivity index (χ1) is 8.43. The maximum absolute atomic E-state index is 13.7. The summed E-state index contributed by atoms with van der Waals surface area (Å²) in [7, 11) is -3.90. The molecule has 0 aromatic heterocycles. The third kappa shape index (κ3) is 3.81. The van der Waals surface area contributed by atoms with Gasteiger partial charge in [-0.2, -0.15) is 4.31 Å². The number of alkyl halides is 2. The standard InChI is InChI=1S/C10H11BrCl2FNO2S/c11-8-1-2-10(9(14)7-8)18(16,17)15(5-3-12)6-4-13/h1-2,7H,3-6H2. The fourth-order valence-electron chi connectivity index (χ4n) is 1.36. The van der Waals surface area contributed by atoms with Gasteiger partial charge in [-0.15, -0.1) is 23.2 Å². The number of nitrogens with zero attached hydrogens (tertiary/aromatic N) is 1. The molecule has 0 bridgehead atoms. The summed E-state index contributed by atoms with van der Waals surface area (Å²) in [6.07, 6.45) is 0.